The molecule has 0 N–H and O–H groups in total. The Balaban J connectivity index is 2.42. The summed E-state index contributed by atoms with van der Waals surface area (Å²) >= 11 is 0. The average molecular weight is 257 g/mol. The second-order valence-electron chi connectivity index (χ2n) is 4.62. The molecular weight excluding hydrogens is 234 g/mol. The molecule has 0 aliphatic carbocycles. The van der Waals surface area contributed by atoms with Crippen LogP contribution in [0.2, 0.25) is 0 Å². The predicted molar refractivity (Wildman–Crippen MR) is 68.2 cm³/mol. The summed E-state index contributed by atoms with van der Waals surface area (Å²) in [4.78, 5) is 29.0. The standard InChI is InChI=1S/C12H23N3O3/c1-11(16)15(8-9-18-3)10-12(17)14-6-4-13(2)5-7-14/h4-10H2,1-3H3. The van der Waals surface area contributed by atoms with Crippen molar-refractivity contribution in [2.45, 2.75) is 6.92 Å². The maximum absolute atomic E-state index is 12.1. The normalized spacial score (nSPS) is 16.7. The van der Waals surface area contributed by atoms with Crippen LogP contribution in [0, 0.1) is 0 Å². The molecule has 0 atom stereocenters. The summed E-state index contributed by atoms with van der Waals surface area (Å²) in [7, 11) is 3.63. The molecule has 0 aromatic carbocycles. The van der Waals surface area contributed by atoms with E-state index in [1.165, 1.54) is 11.8 Å². The van der Waals surface area contributed by atoms with Gasteiger partial charge in [-0.2, -0.15) is 0 Å². The summed E-state index contributed by atoms with van der Waals surface area (Å²) in [6.07, 6.45) is 0. The predicted octanol–water partition coefficient (Wildman–Crippen LogP) is -0.745. The molecule has 0 aromatic heterocycles. The van der Waals surface area contributed by atoms with Crippen LogP contribution >= 0.6 is 0 Å². The minimum atomic E-state index is -0.0884. The Bertz CT molecular complexity index is 288. The molecule has 1 aliphatic heterocycles. The maximum atomic E-state index is 12.1. The van der Waals surface area contributed by atoms with Gasteiger partial charge in [0, 0.05) is 46.8 Å². The van der Waals surface area contributed by atoms with Crippen molar-refractivity contribution < 1.29 is 14.3 Å². The van der Waals surface area contributed by atoms with Gasteiger partial charge in [-0.1, -0.05) is 0 Å². The monoisotopic (exact) mass is 257 g/mol. The molecular formula is C12H23N3O3. The lowest BCUT2D eigenvalue weighted by Gasteiger charge is -2.33. The van der Waals surface area contributed by atoms with E-state index in [9.17, 15) is 9.59 Å². The van der Waals surface area contributed by atoms with E-state index in [2.05, 4.69) is 4.90 Å². The number of likely N-dealkylation sites (N-methyl/N-ethyl adjacent to an activating group) is 1. The van der Waals surface area contributed by atoms with Crippen molar-refractivity contribution in [2.24, 2.45) is 0 Å². The minimum Gasteiger partial charge on any atom is -0.383 e. The molecule has 2 amide bonds. The molecule has 1 heterocycles. The molecule has 0 bridgehead atoms. The summed E-state index contributed by atoms with van der Waals surface area (Å²) in [6, 6.07) is 0. The van der Waals surface area contributed by atoms with Gasteiger partial charge in [0.1, 0.15) is 0 Å². The van der Waals surface area contributed by atoms with Crippen LogP contribution < -0.4 is 0 Å². The zero-order valence-electron chi connectivity index (χ0n) is 11.5. The second kappa shape index (κ2) is 7.33. The number of amides is 2. The van der Waals surface area contributed by atoms with Gasteiger partial charge in [-0.05, 0) is 7.05 Å². The maximum Gasteiger partial charge on any atom is 0.242 e. The Kier molecular flexibility index (Phi) is 6.07. The number of piperazine rings is 1. The third-order valence-corrected chi connectivity index (χ3v) is 3.19. The van der Waals surface area contributed by atoms with Gasteiger partial charge in [0.25, 0.3) is 0 Å². The van der Waals surface area contributed by atoms with Crippen LogP contribution in [0.25, 0.3) is 0 Å². The molecule has 0 unspecified atom stereocenters. The highest BCUT2D eigenvalue weighted by molar-refractivity contribution is 5.83. The Morgan fingerprint density at radius 2 is 1.83 bits per heavy atom. The van der Waals surface area contributed by atoms with Crippen molar-refractivity contribution in [3.05, 3.63) is 0 Å². The number of rotatable bonds is 5. The van der Waals surface area contributed by atoms with Crippen LogP contribution in [-0.2, 0) is 14.3 Å². The number of carbonyl (C=O) groups is 2. The summed E-state index contributed by atoms with van der Waals surface area (Å²) in [6.45, 7) is 5.82. The fraction of sp³-hybridized carbons (Fsp3) is 0.833. The van der Waals surface area contributed by atoms with E-state index in [1.807, 2.05) is 11.9 Å². The molecule has 104 valence electrons. The Labute approximate surface area is 108 Å². The van der Waals surface area contributed by atoms with Crippen LogP contribution in [0.3, 0.4) is 0 Å². The number of hydrogen-bond acceptors (Lipinski definition) is 4. The van der Waals surface area contributed by atoms with Crippen molar-refractivity contribution in [2.75, 3.05) is 60.0 Å². The molecule has 6 nitrogen and oxygen atoms in total. The molecule has 18 heavy (non-hydrogen) atoms. The van der Waals surface area contributed by atoms with Gasteiger partial charge < -0.3 is 19.4 Å². The highest BCUT2D eigenvalue weighted by Crippen LogP contribution is 2.01. The van der Waals surface area contributed by atoms with Gasteiger partial charge in [-0.3, -0.25) is 9.59 Å². The summed E-state index contributed by atoms with van der Waals surface area (Å²) < 4.78 is 4.94. The number of ether oxygens (including phenoxy) is 1. The van der Waals surface area contributed by atoms with E-state index in [0.717, 1.165) is 26.2 Å². The molecule has 0 radical (unpaired) electrons. The van der Waals surface area contributed by atoms with Crippen molar-refractivity contribution >= 4 is 11.8 Å². The SMILES string of the molecule is COCCN(CC(=O)N1CCN(C)CC1)C(C)=O. The largest absolute Gasteiger partial charge is 0.383 e. The van der Waals surface area contributed by atoms with Crippen molar-refractivity contribution in [1.29, 1.82) is 0 Å². The van der Waals surface area contributed by atoms with Crippen molar-refractivity contribution in [3.8, 4) is 0 Å². The Hall–Kier alpha value is -1.14. The number of methoxy groups -OCH3 is 1. The molecule has 6 heteroatoms. The lowest BCUT2D eigenvalue weighted by Crippen LogP contribution is -2.50. The van der Waals surface area contributed by atoms with E-state index in [-0.39, 0.29) is 18.4 Å². The highest BCUT2D eigenvalue weighted by atomic mass is 16.5. The number of nitrogens with zero attached hydrogens (tertiary/aromatic N) is 3. The van der Waals surface area contributed by atoms with Gasteiger partial charge in [0.05, 0.1) is 13.2 Å². The molecule has 1 fully saturated rings. The summed E-state index contributed by atoms with van der Waals surface area (Å²) in [5.74, 6) is -0.0658. The van der Waals surface area contributed by atoms with E-state index in [4.69, 9.17) is 4.74 Å². The van der Waals surface area contributed by atoms with E-state index in [1.54, 1.807) is 7.11 Å². The second-order valence-corrected chi connectivity index (χ2v) is 4.62. The third kappa shape index (κ3) is 4.62. The van der Waals surface area contributed by atoms with Crippen molar-refractivity contribution in [3.63, 3.8) is 0 Å². The molecule has 0 aromatic rings. The van der Waals surface area contributed by atoms with Gasteiger partial charge >= 0.3 is 0 Å². The molecule has 1 aliphatic rings. The summed E-state index contributed by atoms with van der Waals surface area (Å²) in [5, 5.41) is 0. The van der Waals surface area contributed by atoms with Crippen LogP contribution in [0.5, 0.6) is 0 Å². The Morgan fingerprint density at radius 1 is 1.22 bits per heavy atom. The van der Waals surface area contributed by atoms with Crippen molar-refractivity contribution in [1.82, 2.24) is 14.7 Å². The molecule has 0 saturated carbocycles. The first kappa shape index (κ1) is 14.9. The fourth-order valence-corrected chi connectivity index (χ4v) is 1.87. The first-order valence-corrected chi connectivity index (χ1v) is 6.25. The van der Waals surface area contributed by atoms with Crippen LogP contribution in [0.1, 0.15) is 6.92 Å². The zero-order chi connectivity index (χ0) is 13.5. The van der Waals surface area contributed by atoms with Gasteiger partial charge in [-0.25, -0.2) is 0 Å². The van der Waals surface area contributed by atoms with E-state index in [0.29, 0.717) is 13.2 Å². The van der Waals surface area contributed by atoms with Gasteiger partial charge in [0.15, 0.2) is 0 Å². The number of carbonyl (C=O) groups excluding carboxylic acids is 2. The average Bonchev–Trinajstić information content (AvgIpc) is 2.34. The highest BCUT2D eigenvalue weighted by Gasteiger charge is 2.21. The van der Waals surface area contributed by atoms with E-state index >= 15 is 0 Å². The summed E-state index contributed by atoms with van der Waals surface area (Å²) in [5.41, 5.74) is 0. The lowest BCUT2D eigenvalue weighted by atomic mass is 10.3. The van der Waals surface area contributed by atoms with E-state index < -0.39 is 0 Å². The first-order chi connectivity index (χ1) is 8.54. The van der Waals surface area contributed by atoms with Crippen LogP contribution in [0.15, 0.2) is 0 Å². The molecule has 1 rings (SSSR count). The smallest absolute Gasteiger partial charge is 0.242 e. The first-order valence-electron chi connectivity index (χ1n) is 6.25. The number of hydrogen-bond donors (Lipinski definition) is 0. The lowest BCUT2D eigenvalue weighted by molar-refractivity contribution is -0.140. The van der Waals surface area contributed by atoms with Crippen LogP contribution in [0.4, 0.5) is 0 Å². The van der Waals surface area contributed by atoms with Crippen LogP contribution in [-0.4, -0.2) is 86.5 Å². The fourth-order valence-electron chi connectivity index (χ4n) is 1.87. The quantitative estimate of drug-likeness (QED) is 0.651. The van der Waals surface area contributed by atoms with Gasteiger partial charge in [-0.15, -0.1) is 0 Å². The zero-order valence-corrected chi connectivity index (χ0v) is 11.5. The minimum absolute atomic E-state index is 0.0226. The third-order valence-electron chi connectivity index (χ3n) is 3.19. The van der Waals surface area contributed by atoms with Gasteiger partial charge in [0.2, 0.25) is 11.8 Å². The topological polar surface area (TPSA) is 53.1 Å². The Morgan fingerprint density at radius 3 is 2.33 bits per heavy atom. The molecule has 1 saturated heterocycles. The molecule has 0 spiro atoms.